The second-order valence-corrected chi connectivity index (χ2v) is 22.8. The highest BCUT2D eigenvalue weighted by molar-refractivity contribution is 6.76. The van der Waals surface area contributed by atoms with E-state index < -0.39 is 16.4 Å². The van der Waals surface area contributed by atoms with Crippen LogP contribution >= 0.6 is 0 Å². The van der Waals surface area contributed by atoms with Crippen molar-refractivity contribution in [1.82, 2.24) is 9.80 Å². The molecule has 8 heteroatoms. The summed E-state index contributed by atoms with van der Waals surface area (Å²) in [6.45, 7) is 22.7. The lowest BCUT2D eigenvalue weighted by Crippen LogP contribution is -2.40. The van der Waals surface area contributed by atoms with Gasteiger partial charge in [0.2, 0.25) is 0 Å². The number of hydrogen-bond donors (Lipinski definition) is 0. The van der Waals surface area contributed by atoms with E-state index in [9.17, 15) is 0 Å². The van der Waals surface area contributed by atoms with Gasteiger partial charge in [0.25, 0.3) is 0 Å². The summed E-state index contributed by atoms with van der Waals surface area (Å²) in [4.78, 5) is 9.69. The molecule has 0 spiro atoms. The predicted octanol–water partition coefficient (Wildman–Crippen LogP) is 5.64. The summed E-state index contributed by atoms with van der Waals surface area (Å²) in [5, 5.41) is 0.213. The quantitative estimate of drug-likeness (QED) is 0.236. The molecule has 2 unspecified atom stereocenters. The predicted molar refractivity (Wildman–Crippen MR) is 143 cm³/mol. The van der Waals surface area contributed by atoms with Crippen LogP contribution in [0.4, 0.5) is 0 Å². The monoisotopic (exact) mass is 493 g/mol. The third-order valence-electron chi connectivity index (χ3n) is 7.14. The summed E-state index contributed by atoms with van der Waals surface area (Å²) in [5.74, 6) is 1.09. The van der Waals surface area contributed by atoms with Crippen LogP contribution in [0.15, 0.2) is 29.0 Å². The number of aliphatic imine (C=N–C) groups is 1. The zero-order chi connectivity index (χ0) is 24.3. The van der Waals surface area contributed by atoms with Crippen molar-refractivity contribution in [2.24, 2.45) is 4.99 Å². The molecule has 0 aromatic rings. The van der Waals surface area contributed by atoms with Crippen LogP contribution in [0.25, 0.3) is 0 Å². The van der Waals surface area contributed by atoms with Crippen molar-refractivity contribution < 1.29 is 13.9 Å². The molecule has 2 saturated heterocycles. The van der Waals surface area contributed by atoms with Crippen LogP contribution in [0.1, 0.15) is 40.0 Å². The Morgan fingerprint density at radius 1 is 1.12 bits per heavy atom. The van der Waals surface area contributed by atoms with Crippen LogP contribution in [0, 0.1) is 0 Å². The molecule has 2 fully saturated rings. The number of nitrogens with zero attached hydrogens (tertiary/aromatic N) is 3. The van der Waals surface area contributed by atoms with E-state index in [0.717, 1.165) is 31.2 Å². The Morgan fingerprint density at radius 3 is 2.45 bits per heavy atom. The Balaban J connectivity index is 1.68. The normalized spacial score (nSPS) is 24.5. The highest BCUT2D eigenvalue weighted by Gasteiger charge is 2.50. The molecule has 0 aromatic carbocycles. The van der Waals surface area contributed by atoms with E-state index in [0.29, 0.717) is 13.3 Å². The smallest absolute Gasteiger partial charge is 0.192 e. The Labute approximate surface area is 204 Å². The highest BCUT2D eigenvalue weighted by Crippen LogP contribution is 2.37. The molecule has 0 radical (unpaired) electrons. The zero-order valence-corrected chi connectivity index (χ0v) is 24.3. The number of ether oxygens (including phenoxy) is 2. The maximum Gasteiger partial charge on any atom is 0.192 e. The molecule has 3 aliphatic rings. The van der Waals surface area contributed by atoms with Crippen LogP contribution in [-0.2, 0) is 13.9 Å². The number of piperidine rings is 1. The number of hydrogen-bond acceptors (Lipinski definition) is 6. The number of amidine groups is 1. The molecule has 3 rings (SSSR count). The first-order chi connectivity index (χ1) is 15.4. The van der Waals surface area contributed by atoms with Crippen LogP contribution in [-0.4, -0.2) is 77.4 Å². The second kappa shape index (κ2) is 10.8. The van der Waals surface area contributed by atoms with Crippen molar-refractivity contribution >= 4 is 22.2 Å². The van der Waals surface area contributed by atoms with Crippen molar-refractivity contribution in [2.45, 2.75) is 96.2 Å². The lowest BCUT2D eigenvalue weighted by molar-refractivity contribution is 0.0387. The van der Waals surface area contributed by atoms with Gasteiger partial charge in [0.05, 0.1) is 12.3 Å². The van der Waals surface area contributed by atoms with E-state index >= 15 is 0 Å². The molecule has 0 saturated carbocycles. The average Bonchev–Trinajstić information content (AvgIpc) is 3.51. The maximum absolute atomic E-state index is 6.33. The van der Waals surface area contributed by atoms with E-state index in [-0.39, 0.29) is 17.4 Å². The van der Waals surface area contributed by atoms with Crippen molar-refractivity contribution in [2.75, 3.05) is 33.0 Å². The summed E-state index contributed by atoms with van der Waals surface area (Å²) in [7, 11) is -2.86. The minimum absolute atomic E-state index is 0.0342. The van der Waals surface area contributed by atoms with Crippen molar-refractivity contribution in [1.29, 1.82) is 0 Å². The van der Waals surface area contributed by atoms with Gasteiger partial charge in [0.15, 0.2) is 20.6 Å². The van der Waals surface area contributed by atoms with Gasteiger partial charge in [-0.05, 0) is 49.5 Å². The van der Waals surface area contributed by atoms with Crippen LogP contribution in [0.5, 0.6) is 0 Å². The first-order valence-electron chi connectivity index (χ1n) is 12.7. The standard InChI is InChI=1S/C25H47N3O3Si2/c1-25(2,3)33(7,8)30-16-12-13-21-19-28(20-29-17-18-32(4,5)6)24-22(31-24)23(26-21)27-14-10-9-11-15-27/h12-13,19,22,24H,9-11,14-18,20H2,1-8H3/b13-12+. The Hall–Kier alpha value is -0.936. The van der Waals surface area contributed by atoms with Crippen molar-refractivity contribution in [3.63, 3.8) is 0 Å². The second-order valence-electron chi connectivity index (χ2n) is 12.4. The fourth-order valence-electron chi connectivity index (χ4n) is 3.77. The zero-order valence-electron chi connectivity index (χ0n) is 22.3. The molecular formula is C25H47N3O3Si2. The van der Waals surface area contributed by atoms with Crippen molar-refractivity contribution in [3.8, 4) is 0 Å². The summed E-state index contributed by atoms with van der Waals surface area (Å²) < 4.78 is 18.5. The Bertz CT molecular complexity index is 747. The SMILES string of the molecule is CC(C)(C)[Si](C)(C)OC/C=C/C1=CN(COCC[Si](C)(C)C)C2OC2C(N2CCCCC2)=N1. The van der Waals surface area contributed by atoms with Gasteiger partial charge >= 0.3 is 0 Å². The van der Waals surface area contributed by atoms with Crippen LogP contribution in [0.3, 0.4) is 0 Å². The molecule has 0 aliphatic carbocycles. The van der Waals surface area contributed by atoms with Gasteiger partial charge in [-0.3, -0.25) is 0 Å². The van der Waals surface area contributed by atoms with E-state index in [4.69, 9.17) is 18.9 Å². The van der Waals surface area contributed by atoms with Crippen molar-refractivity contribution in [3.05, 3.63) is 24.0 Å². The lowest BCUT2D eigenvalue weighted by atomic mass is 10.1. The number of rotatable bonds is 9. The average molecular weight is 494 g/mol. The number of likely N-dealkylation sites (tertiary alicyclic amines) is 1. The topological polar surface area (TPSA) is 49.8 Å². The van der Waals surface area contributed by atoms with Gasteiger partial charge in [0, 0.05) is 34.0 Å². The molecule has 3 heterocycles. The fourth-order valence-corrected chi connectivity index (χ4v) is 5.47. The molecule has 3 aliphatic heterocycles. The molecular weight excluding hydrogens is 446 g/mol. The largest absolute Gasteiger partial charge is 0.413 e. The summed E-state index contributed by atoms with van der Waals surface area (Å²) in [5.41, 5.74) is 0.957. The van der Waals surface area contributed by atoms with Gasteiger partial charge in [-0.25, -0.2) is 4.99 Å². The third kappa shape index (κ3) is 7.78. The number of allylic oxidation sites excluding steroid dienone is 1. The first kappa shape index (κ1) is 26.7. The van der Waals surface area contributed by atoms with Crippen LogP contribution < -0.4 is 0 Å². The molecule has 0 aromatic heterocycles. The Kier molecular flexibility index (Phi) is 8.70. The minimum atomic E-state index is -1.76. The summed E-state index contributed by atoms with van der Waals surface area (Å²) in [6, 6.07) is 1.17. The molecule has 0 N–H and O–H groups in total. The van der Waals surface area contributed by atoms with Gasteiger partial charge in [-0.15, -0.1) is 0 Å². The molecule has 188 valence electrons. The first-order valence-corrected chi connectivity index (χ1v) is 19.3. The third-order valence-corrected chi connectivity index (χ3v) is 13.3. The summed E-state index contributed by atoms with van der Waals surface area (Å²) in [6.07, 6.45) is 10.2. The van der Waals surface area contributed by atoms with E-state index in [1.807, 2.05) is 0 Å². The molecule has 0 bridgehead atoms. The van der Waals surface area contributed by atoms with Gasteiger partial charge in [0.1, 0.15) is 12.6 Å². The van der Waals surface area contributed by atoms with Gasteiger partial charge < -0.3 is 23.7 Å². The number of epoxide rings is 1. The van der Waals surface area contributed by atoms with E-state index in [2.05, 4.69) is 81.7 Å². The Morgan fingerprint density at radius 2 is 1.82 bits per heavy atom. The lowest BCUT2D eigenvalue weighted by Gasteiger charge is -2.35. The molecule has 0 amide bonds. The van der Waals surface area contributed by atoms with Crippen LogP contribution in [0.2, 0.25) is 43.8 Å². The van der Waals surface area contributed by atoms with Gasteiger partial charge in [-0.1, -0.05) is 46.5 Å². The maximum atomic E-state index is 6.33. The van der Waals surface area contributed by atoms with E-state index in [1.54, 1.807) is 0 Å². The number of fused-ring (bicyclic) bond motifs is 1. The van der Waals surface area contributed by atoms with Gasteiger partial charge in [-0.2, -0.15) is 0 Å². The molecule has 6 nitrogen and oxygen atoms in total. The minimum Gasteiger partial charge on any atom is -0.413 e. The van der Waals surface area contributed by atoms with E-state index in [1.165, 1.54) is 25.3 Å². The fraction of sp³-hybridized carbons (Fsp3) is 0.800. The summed E-state index contributed by atoms with van der Waals surface area (Å²) >= 11 is 0. The molecule has 2 atom stereocenters. The highest BCUT2D eigenvalue weighted by atomic mass is 28.4. The molecule has 33 heavy (non-hydrogen) atoms.